The van der Waals surface area contributed by atoms with E-state index in [1.165, 1.54) is 20.8 Å². The van der Waals surface area contributed by atoms with Gasteiger partial charge in [0.25, 0.3) is 0 Å². The lowest BCUT2D eigenvalue weighted by Crippen LogP contribution is -2.55. The highest BCUT2D eigenvalue weighted by atomic mass is 16.6. The van der Waals surface area contributed by atoms with Crippen molar-refractivity contribution in [2.45, 2.75) is 59.2 Å². The van der Waals surface area contributed by atoms with Crippen molar-refractivity contribution in [1.29, 1.82) is 0 Å². The van der Waals surface area contributed by atoms with Crippen LogP contribution < -0.4 is 0 Å². The second-order valence-corrected chi connectivity index (χ2v) is 7.04. The van der Waals surface area contributed by atoms with Gasteiger partial charge in [-0.05, 0) is 31.5 Å². The first-order chi connectivity index (χ1) is 13.7. The molecule has 0 unspecified atom stereocenters. The quantitative estimate of drug-likeness (QED) is 0.563. The predicted molar refractivity (Wildman–Crippen MR) is 101 cm³/mol. The van der Waals surface area contributed by atoms with Crippen LogP contribution in [0.5, 0.6) is 0 Å². The molecule has 9 heteroatoms. The number of imidazole rings is 1. The molecule has 156 valence electrons. The van der Waals surface area contributed by atoms with E-state index in [1.807, 2.05) is 32.0 Å². The van der Waals surface area contributed by atoms with Crippen molar-refractivity contribution >= 4 is 28.9 Å². The number of fused-ring (bicyclic) bond motifs is 1. The molecule has 3 rings (SSSR count). The Morgan fingerprint density at radius 3 is 2.24 bits per heavy atom. The molecule has 1 fully saturated rings. The molecule has 0 saturated carbocycles. The van der Waals surface area contributed by atoms with E-state index in [-0.39, 0.29) is 6.61 Å². The van der Waals surface area contributed by atoms with Gasteiger partial charge in [0, 0.05) is 20.8 Å². The summed E-state index contributed by atoms with van der Waals surface area (Å²) in [4.78, 5) is 39.6. The first kappa shape index (κ1) is 20.8. The fourth-order valence-corrected chi connectivity index (χ4v) is 3.59. The predicted octanol–water partition coefficient (Wildman–Crippen LogP) is 1.98. The number of benzene rings is 1. The molecule has 0 radical (unpaired) electrons. The number of aryl methyl sites for hydroxylation is 2. The highest BCUT2D eigenvalue weighted by Crippen LogP contribution is 2.34. The van der Waals surface area contributed by atoms with Crippen LogP contribution in [0.1, 0.15) is 38.4 Å². The Labute approximate surface area is 167 Å². The average molecular weight is 404 g/mol. The molecule has 4 atom stereocenters. The first-order valence-electron chi connectivity index (χ1n) is 9.26. The zero-order chi connectivity index (χ0) is 21.3. The van der Waals surface area contributed by atoms with Crippen molar-refractivity contribution in [2.24, 2.45) is 0 Å². The Balaban J connectivity index is 2.08. The van der Waals surface area contributed by atoms with Crippen molar-refractivity contribution in [3.05, 3.63) is 29.6 Å². The summed E-state index contributed by atoms with van der Waals surface area (Å²) in [6.07, 6.45) is -3.79. The number of nitrogens with zero attached hydrogens (tertiary/aromatic N) is 2. The van der Waals surface area contributed by atoms with Gasteiger partial charge in [-0.25, -0.2) is 4.98 Å². The molecule has 1 saturated heterocycles. The molecule has 1 aliphatic heterocycles. The molecule has 29 heavy (non-hydrogen) atoms. The smallest absolute Gasteiger partial charge is 0.303 e. The second kappa shape index (κ2) is 8.20. The summed E-state index contributed by atoms with van der Waals surface area (Å²) in [5.74, 6) is -1.09. The third kappa shape index (κ3) is 4.40. The summed E-state index contributed by atoms with van der Waals surface area (Å²) in [6, 6.07) is 5.78. The zero-order valence-electron chi connectivity index (χ0n) is 17.0. The lowest BCUT2D eigenvalue weighted by Gasteiger charge is -2.41. The standard InChI is InChI=1S/C20H24N2O7/c1-10-6-7-16-15(8-10)21-11(2)22(16)20-19(29-14(5)25)18(28-13(4)24)17(9-26-20)27-12(3)23/h6-8,17-20H,9H2,1-5H3/t17-,18+,19-,20-/m1/s1. The molecule has 1 aromatic carbocycles. The molecule has 0 aliphatic carbocycles. The molecular weight excluding hydrogens is 380 g/mol. The molecule has 0 N–H and O–H groups in total. The van der Waals surface area contributed by atoms with Gasteiger partial charge in [0.15, 0.2) is 24.5 Å². The molecule has 1 aromatic heterocycles. The first-order valence-corrected chi connectivity index (χ1v) is 9.26. The van der Waals surface area contributed by atoms with E-state index in [2.05, 4.69) is 4.98 Å². The van der Waals surface area contributed by atoms with Crippen LogP contribution in [-0.4, -0.2) is 52.4 Å². The van der Waals surface area contributed by atoms with Crippen LogP contribution in [0.15, 0.2) is 18.2 Å². The van der Waals surface area contributed by atoms with Gasteiger partial charge in [0.2, 0.25) is 0 Å². The number of hydrogen-bond donors (Lipinski definition) is 0. The maximum absolute atomic E-state index is 11.8. The van der Waals surface area contributed by atoms with Crippen molar-refractivity contribution in [1.82, 2.24) is 9.55 Å². The normalized spacial score (nSPS) is 24.2. The molecule has 1 aliphatic rings. The van der Waals surface area contributed by atoms with Crippen LogP contribution in [0.3, 0.4) is 0 Å². The maximum Gasteiger partial charge on any atom is 0.303 e. The van der Waals surface area contributed by atoms with Crippen LogP contribution in [-0.2, 0) is 33.3 Å². The van der Waals surface area contributed by atoms with Gasteiger partial charge in [-0.15, -0.1) is 0 Å². The summed E-state index contributed by atoms with van der Waals surface area (Å²) < 4.78 is 23.9. The van der Waals surface area contributed by atoms with Crippen molar-refractivity contribution in [3.63, 3.8) is 0 Å². The van der Waals surface area contributed by atoms with Gasteiger partial charge in [-0.1, -0.05) is 6.07 Å². The summed E-state index contributed by atoms with van der Waals surface area (Å²) in [7, 11) is 0. The Morgan fingerprint density at radius 2 is 1.62 bits per heavy atom. The number of hydrogen-bond acceptors (Lipinski definition) is 8. The van der Waals surface area contributed by atoms with Gasteiger partial charge in [-0.3, -0.25) is 19.0 Å². The highest BCUT2D eigenvalue weighted by Gasteiger charge is 2.48. The summed E-state index contributed by atoms with van der Waals surface area (Å²) >= 11 is 0. The minimum atomic E-state index is -1.04. The topological polar surface area (TPSA) is 106 Å². The third-order valence-electron chi connectivity index (χ3n) is 4.60. The van der Waals surface area contributed by atoms with E-state index in [4.69, 9.17) is 18.9 Å². The maximum atomic E-state index is 11.8. The average Bonchev–Trinajstić information content (AvgIpc) is 2.91. The van der Waals surface area contributed by atoms with Crippen LogP contribution >= 0.6 is 0 Å². The van der Waals surface area contributed by atoms with Gasteiger partial charge in [0.1, 0.15) is 5.82 Å². The Bertz CT molecular complexity index is 952. The van der Waals surface area contributed by atoms with Crippen molar-refractivity contribution < 1.29 is 33.3 Å². The van der Waals surface area contributed by atoms with Crippen LogP contribution in [0, 0.1) is 13.8 Å². The van der Waals surface area contributed by atoms with Gasteiger partial charge in [-0.2, -0.15) is 0 Å². The fourth-order valence-electron chi connectivity index (χ4n) is 3.59. The summed E-state index contributed by atoms with van der Waals surface area (Å²) in [5, 5.41) is 0. The fraction of sp³-hybridized carbons (Fsp3) is 0.500. The summed E-state index contributed by atoms with van der Waals surface area (Å²) in [6.45, 7) is 7.47. The minimum Gasteiger partial charge on any atom is -0.456 e. The van der Waals surface area contributed by atoms with Crippen LogP contribution in [0.2, 0.25) is 0 Å². The minimum absolute atomic E-state index is 0.0368. The largest absolute Gasteiger partial charge is 0.456 e. The van der Waals surface area contributed by atoms with Gasteiger partial charge in [0.05, 0.1) is 17.6 Å². The highest BCUT2D eigenvalue weighted by molar-refractivity contribution is 5.77. The van der Waals surface area contributed by atoms with Crippen LogP contribution in [0.25, 0.3) is 11.0 Å². The molecule has 9 nitrogen and oxygen atoms in total. The Kier molecular flexibility index (Phi) is 5.88. The van der Waals surface area contributed by atoms with Crippen molar-refractivity contribution in [3.8, 4) is 0 Å². The Hall–Kier alpha value is -2.94. The number of aromatic nitrogens is 2. The monoisotopic (exact) mass is 404 g/mol. The van der Waals surface area contributed by atoms with E-state index in [1.54, 1.807) is 4.57 Å². The number of carbonyl (C=O) groups excluding carboxylic acids is 3. The lowest BCUT2D eigenvalue weighted by atomic mass is 10.0. The molecular formula is C20H24N2O7. The van der Waals surface area contributed by atoms with E-state index >= 15 is 0 Å². The van der Waals surface area contributed by atoms with E-state index in [0.29, 0.717) is 5.82 Å². The molecule has 0 bridgehead atoms. The van der Waals surface area contributed by atoms with Gasteiger partial charge >= 0.3 is 17.9 Å². The van der Waals surface area contributed by atoms with Crippen molar-refractivity contribution in [2.75, 3.05) is 6.61 Å². The van der Waals surface area contributed by atoms with E-state index in [0.717, 1.165) is 16.6 Å². The third-order valence-corrected chi connectivity index (χ3v) is 4.60. The number of rotatable bonds is 4. The van der Waals surface area contributed by atoms with Crippen LogP contribution in [0.4, 0.5) is 0 Å². The summed E-state index contributed by atoms with van der Waals surface area (Å²) in [5.41, 5.74) is 2.59. The second-order valence-electron chi connectivity index (χ2n) is 7.04. The molecule has 0 amide bonds. The molecule has 0 spiro atoms. The van der Waals surface area contributed by atoms with E-state index in [9.17, 15) is 14.4 Å². The number of ether oxygens (including phenoxy) is 4. The SMILES string of the molecule is CC(=O)O[C@@H]1[C@@H](OC(C)=O)[C@H](OC(C)=O)CO[C@H]1n1c(C)nc2cc(C)ccc21. The number of esters is 3. The van der Waals surface area contributed by atoms with Gasteiger partial charge < -0.3 is 18.9 Å². The lowest BCUT2D eigenvalue weighted by molar-refractivity contribution is -0.239. The molecule has 2 aromatic rings. The van der Waals surface area contributed by atoms with E-state index < -0.39 is 42.4 Å². The number of carbonyl (C=O) groups is 3. The Morgan fingerprint density at radius 1 is 1.00 bits per heavy atom. The zero-order valence-corrected chi connectivity index (χ0v) is 17.0. The molecule has 2 heterocycles.